The fourth-order valence-electron chi connectivity index (χ4n) is 1.03. The summed E-state index contributed by atoms with van der Waals surface area (Å²) in [6, 6.07) is 0. The zero-order valence-corrected chi connectivity index (χ0v) is 11.5. The standard InChI is InChI=1S/C12H23NO4/c1-11(2,3)16-9(14)8(7-13)10(15)17-12(4,5)6/h8H,7,13H2,1-6H3. The van der Waals surface area contributed by atoms with Crippen LogP contribution in [0.2, 0.25) is 0 Å². The van der Waals surface area contributed by atoms with E-state index in [1.165, 1.54) is 0 Å². The SMILES string of the molecule is CC(C)(C)OC(=O)C(CN)C(=O)OC(C)(C)C. The van der Waals surface area contributed by atoms with E-state index >= 15 is 0 Å². The van der Waals surface area contributed by atoms with Crippen LogP contribution in [0.1, 0.15) is 41.5 Å². The van der Waals surface area contributed by atoms with Crippen molar-refractivity contribution in [3.63, 3.8) is 0 Å². The molecule has 0 aliphatic carbocycles. The van der Waals surface area contributed by atoms with Crippen molar-refractivity contribution < 1.29 is 19.1 Å². The Kier molecular flexibility index (Phi) is 5.13. The van der Waals surface area contributed by atoms with Gasteiger partial charge in [-0.3, -0.25) is 9.59 Å². The number of hydrogen-bond acceptors (Lipinski definition) is 5. The van der Waals surface area contributed by atoms with Crippen molar-refractivity contribution in [3.8, 4) is 0 Å². The highest BCUT2D eigenvalue weighted by Crippen LogP contribution is 2.15. The molecule has 0 radical (unpaired) electrons. The molecule has 0 aliphatic heterocycles. The molecular weight excluding hydrogens is 222 g/mol. The zero-order chi connectivity index (χ0) is 13.9. The van der Waals surface area contributed by atoms with Crippen molar-refractivity contribution in [2.24, 2.45) is 11.7 Å². The lowest BCUT2D eigenvalue weighted by molar-refractivity contribution is -0.173. The third-order valence-electron chi connectivity index (χ3n) is 1.62. The van der Waals surface area contributed by atoms with Gasteiger partial charge in [0.25, 0.3) is 0 Å². The highest BCUT2D eigenvalue weighted by atomic mass is 16.6. The predicted molar refractivity (Wildman–Crippen MR) is 64.2 cm³/mol. The Morgan fingerprint density at radius 1 is 0.941 bits per heavy atom. The van der Waals surface area contributed by atoms with Crippen molar-refractivity contribution in [3.05, 3.63) is 0 Å². The Bertz CT molecular complexity index is 258. The van der Waals surface area contributed by atoms with Gasteiger partial charge in [0.1, 0.15) is 11.2 Å². The van der Waals surface area contributed by atoms with Gasteiger partial charge in [-0.05, 0) is 41.5 Å². The monoisotopic (exact) mass is 245 g/mol. The van der Waals surface area contributed by atoms with Crippen molar-refractivity contribution in [1.29, 1.82) is 0 Å². The summed E-state index contributed by atoms with van der Waals surface area (Å²) in [7, 11) is 0. The first-order chi connectivity index (χ1) is 7.46. The maximum atomic E-state index is 11.7. The van der Waals surface area contributed by atoms with Crippen molar-refractivity contribution in [1.82, 2.24) is 0 Å². The van der Waals surface area contributed by atoms with Gasteiger partial charge in [0, 0.05) is 6.54 Å². The van der Waals surface area contributed by atoms with Crippen LogP contribution in [0.4, 0.5) is 0 Å². The summed E-state index contributed by atoms with van der Waals surface area (Å²) in [5.41, 5.74) is 4.12. The van der Waals surface area contributed by atoms with E-state index in [-0.39, 0.29) is 6.54 Å². The minimum Gasteiger partial charge on any atom is -0.459 e. The first kappa shape index (κ1) is 15.9. The molecule has 0 heterocycles. The van der Waals surface area contributed by atoms with Crippen LogP contribution < -0.4 is 5.73 Å². The second-order valence-electron chi connectivity index (χ2n) is 5.86. The van der Waals surface area contributed by atoms with E-state index in [2.05, 4.69) is 0 Å². The topological polar surface area (TPSA) is 78.6 Å². The maximum absolute atomic E-state index is 11.7. The Morgan fingerprint density at radius 3 is 1.41 bits per heavy atom. The summed E-state index contributed by atoms with van der Waals surface area (Å²) in [6.07, 6.45) is 0. The average molecular weight is 245 g/mol. The second-order valence-corrected chi connectivity index (χ2v) is 5.86. The van der Waals surface area contributed by atoms with Gasteiger partial charge in [-0.15, -0.1) is 0 Å². The van der Waals surface area contributed by atoms with E-state index in [4.69, 9.17) is 15.2 Å². The number of nitrogens with two attached hydrogens (primary N) is 1. The van der Waals surface area contributed by atoms with Crippen molar-refractivity contribution >= 4 is 11.9 Å². The number of carbonyl (C=O) groups is 2. The molecule has 0 aromatic rings. The van der Waals surface area contributed by atoms with Gasteiger partial charge in [-0.2, -0.15) is 0 Å². The molecule has 17 heavy (non-hydrogen) atoms. The summed E-state index contributed by atoms with van der Waals surface area (Å²) in [5, 5.41) is 0. The van der Waals surface area contributed by atoms with Crippen LogP contribution in [-0.2, 0) is 19.1 Å². The smallest absolute Gasteiger partial charge is 0.322 e. The van der Waals surface area contributed by atoms with Crippen LogP contribution in [0.5, 0.6) is 0 Å². The van der Waals surface area contributed by atoms with Crippen LogP contribution in [0, 0.1) is 5.92 Å². The van der Waals surface area contributed by atoms with Gasteiger partial charge < -0.3 is 15.2 Å². The van der Waals surface area contributed by atoms with Crippen LogP contribution >= 0.6 is 0 Å². The number of ether oxygens (including phenoxy) is 2. The van der Waals surface area contributed by atoms with Gasteiger partial charge >= 0.3 is 11.9 Å². The van der Waals surface area contributed by atoms with E-state index in [0.29, 0.717) is 0 Å². The fraction of sp³-hybridized carbons (Fsp3) is 0.833. The van der Waals surface area contributed by atoms with E-state index in [9.17, 15) is 9.59 Å². The minimum absolute atomic E-state index is 0.121. The lowest BCUT2D eigenvalue weighted by Gasteiger charge is -2.25. The average Bonchev–Trinajstić information content (AvgIpc) is 1.96. The van der Waals surface area contributed by atoms with Crippen molar-refractivity contribution in [2.75, 3.05) is 6.54 Å². The van der Waals surface area contributed by atoms with Crippen LogP contribution in [0.3, 0.4) is 0 Å². The van der Waals surface area contributed by atoms with Gasteiger partial charge in [-0.25, -0.2) is 0 Å². The van der Waals surface area contributed by atoms with Gasteiger partial charge in [0.05, 0.1) is 0 Å². The molecule has 5 heteroatoms. The molecule has 0 aromatic heterocycles. The molecular formula is C12H23NO4. The van der Waals surface area contributed by atoms with E-state index in [1.807, 2.05) is 0 Å². The molecule has 5 nitrogen and oxygen atoms in total. The Hall–Kier alpha value is -1.10. The van der Waals surface area contributed by atoms with E-state index in [0.717, 1.165) is 0 Å². The second kappa shape index (κ2) is 5.49. The lowest BCUT2D eigenvalue weighted by atomic mass is 10.1. The van der Waals surface area contributed by atoms with Crippen LogP contribution in [0.15, 0.2) is 0 Å². The summed E-state index contributed by atoms with van der Waals surface area (Å²) in [5.74, 6) is -2.35. The number of rotatable bonds is 3. The predicted octanol–water partition coefficient (Wildman–Crippen LogP) is 1.24. The Morgan fingerprint density at radius 2 is 1.24 bits per heavy atom. The molecule has 0 saturated carbocycles. The lowest BCUT2D eigenvalue weighted by Crippen LogP contribution is -2.40. The molecule has 0 rings (SSSR count). The highest BCUT2D eigenvalue weighted by molar-refractivity contribution is 5.95. The minimum atomic E-state index is -1.06. The molecule has 0 aromatic carbocycles. The Balaban J connectivity index is 4.62. The molecule has 0 spiro atoms. The number of esters is 2. The summed E-state index contributed by atoms with van der Waals surface area (Å²) >= 11 is 0. The molecule has 0 fully saturated rings. The molecule has 100 valence electrons. The number of hydrogen-bond donors (Lipinski definition) is 1. The molecule has 0 bridgehead atoms. The third kappa shape index (κ3) is 6.94. The first-order valence-corrected chi connectivity index (χ1v) is 5.62. The zero-order valence-electron chi connectivity index (χ0n) is 11.5. The largest absolute Gasteiger partial charge is 0.459 e. The molecule has 0 amide bonds. The van der Waals surface area contributed by atoms with E-state index in [1.54, 1.807) is 41.5 Å². The van der Waals surface area contributed by atoms with E-state index < -0.39 is 29.1 Å². The summed E-state index contributed by atoms with van der Waals surface area (Å²) < 4.78 is 10.2. The fourth-order valence-corrected chi connectivity index (χ4v) is 1.03. The third-order valence-corrected chi connectivity index (χ3v) is 1.62. The molecule has 0 unspecified atom stereocenters. The molecule has 2 N–H and O–H groups in total. The Labute approximate surface area is 103 Å². The molecule has 0 aliphatic rings. The van der Waals surface area contributed by atoms with Crippen molar-refractivity contribution in [2.45, 2.75) is 52.7 Å². The number of carbonyl (C=O) groups excluding carboxylic acids is 2. The molecule has 0 atom stereocenters. The van der Waals surface area contributed by atoms with Gasteiger partial charge in [-0.1, -0.05) is 0 Å². The summed E-state index contributed by atoms with van der Waals surface area (Å²) in [4.78, 5) is 23.4. The summed E-state index contributed by atoms with van der Waals surface area (Å²) in [6.45, 7) is 10.3. The quantitative estimate of drug-likeness (QED) is 0.598. The van der Waals surface area contributed by atoms with Crippen LogP contribution in [0.25, 0.3) is 0 Å². The highest BCUT2D eigenvalue weighted by Gasteiger charge is 2.33. The van der Waals surface area contributed by atoms with Gasteiger partial charge in [0.15, 0.2) is 5.92 Å². The first-order valence-electron chi connectivity index (χ1n) is 5.62. The molecule has 0 saturated heterocycles. The normalized spacial score (nSPS) is 12.5. The maximum Gasteiger partial charge on any atom is 0.322 e. The van der Waals surface area contributed by atoms with Crippen LogP contribution in [-0.4, -0.2) is 29.7 Å². The van der Waals surface area contributed by atoms with Gasteiger partial charge in [0.2, 0.25) is 0 Å².